The van der Waals surface area contributed by atoms with Crippen molar-refractivity contribution in [2.45, 2.75) is 27.3 Å². The van der Waals surface area contributed by atoms with Gasteiger partial charge in [-0.3, -0.25) is 9.20 Å². The Morgan fingerprint density at radius 3 is 2.68 bits per heavy atom. The molecule has 0 radical (unpaired) electrons. The van der Waals surface area contributed by atoms with Crippen molar-refractivity contribution in [2.75, 3.05) is 0 Å². The van der Waals surface area contributed by atoms with E-state index >= 15 is 0 Å². The van der Waals surface area contributed by atoms with Crippen molar-refractivity contribution < 1.29 is 0 Å². The highest BCUT2D eigenvalue weighted by Gasteiger charge is 2.09. The molecule has 3 aromatic heterocycles. The molecule has 6 heteroatoms. The maximum absolute atomic E-state index is 11.8. The molecule has 0 aliphatic rings. The minimum absolute atomic E-state index is 0.0431. The molecule has 0 saturated heterocycles. The highest BCUT2D eigenvalue weighted by molar-refractivity contribution is 7.11. The van der Waals surface area contributed by atoms with E-state index in [-0.39, 0.29) is 5.56 Å². The van der Waals surface area contributed by atoms with Gasteiger partial charge in [-0.05, 0) is 20.8 Å². The zero-order chi connectivity index (χ0) is 13.6. The second kappa shape index (κ2) is 4.31. The van der Waals surface area contributed by atoms with Gasteiger partial charge in [-0.25, -0.2) is 9.97 Å². The third-order valence-corrected chi connectivity index (χ3v) is 4.09. The Bertz CT molecular complexity index is 812. The number of imidazole rings is 1. The summed E-state index contributed by atoms with van der Waals surface area (Å²) in [5.74, 6) is 0.676. The Labute approximate surface area is 114 Å². The van der Waals surface area contributed by atoms with Crippen molar-refractivity contribution in [3.8, 4) is 0 Å². The van der Waals surface area contributed by atoms with E-state index in [2.05, 4.69) is 9.97 Å². The fraction of sp³-hybridized carbons (Fsp3) is 0.308. The van der Waals surface area contributed by atoms with Crippen LogP contribution in [0.25, 0.3) is 5.78 Å². The zero-order valence-corrected chi connectivity index (χ0v) is 11.9. The van der Waals surface area contributed by atoms with Crippen LogP contribution in [0, 0.1) is 20.8 Å². The summed E-state index contributed by atoms with van der Waals surface area (Å²) in [6.07, 6.45) is 3.64. The van der Waals surface area contributed by atoms with Gasteiger partial charge in [-0.15, -0.1) is 11.3 Å². The molecule has 0 amide bonds. The van der Waals surface area contributed by atoms with Crippen molar-refractivity contribution in [1.82, 2.24) is 18.9 Å². The lowest BCUT2D eigenvalue weighted by molar-refractivity contribution is 0.810. The Kier molecular flexibility index (Phi) is 2.74. The molecule has 0 aromatic carbocycles. The maximum atomic E-state index is 11.8. The number of fused-ring (bicyclic) bond motifs is 1. The Morgan fingerprint density at radius 1 is 1.21 bits per heavy atom. The van der Waals surface area contributed by atoms with Crippen molar-refractivity contribution >= 4 is 17.1 Å². The Hall–Kier alpha value is -1.95. The van der Waals surface area contributed by atoms with Gasteiger partial charge in [0, 0.05) is 29.0 Å². The normalized spacial score (nSPS) is 11.3. The van der Waals surface area contributed by atoms with Crippen LogP contribution < -0.4 is 5.56 Å². The standard InChI is InChI=1S/C13H14N4OS/c1-8-6-12(18)17-5-4-16(13(17)14-8)7-11-9(2)15-10(3)19-11/h4-6H,7H2,1-3H3. The first-order valence-corrected chi connectivity index (χ1v) is 6.84. The van der Waals surface area contributed by atoms with Crippen LogP contribution in [0.5, 0.6) is 0 Å². The van der Waals surface area contributed by atoms with Gasteiger partial charge in [-0.1, -0.05) is 0 Å². The number of rotatable bonds is 2. The number of thiazole rings is 1. The van der Waals surface area contributed by atoms with Gasteiger partial charge < -0.3 is 4.57 Å². The molecule has 3 aromatic rings. The largest absolute Gasteiger partial charge is 0.311 e. The van der Waals surface area contributed by atoms with E-state index in [0.29, 0.717) is 12.3 Å². The highest BCUT2D eigenvalue weighted by Crippen LogP contribution is 2.19. The van der Waals surface area contributed by atoms with Crippen molar-refractivity contribution in [1.29, 1.82) is 0 Å². The molecule has 19 heavy (non-hydrogen) atoms. The molecule has 0 unspecified atom stereocenters. The fourth-order valence-electron chi connectivity index (χ4n) is 2.15. The molecule has 0 fully saturated rings. The van der Waals surface area contributed by atoms with E-state index in [0.717, 1.165) is 16.4 Å². The van der Waals surface area contributed by atoms with Gasteiger partial charge in [-0.2, -0.15) is 0 Å². The van der Waals surface area contributed by atoms with Gasteiger partial charge in [0.25, 0.3) is 5.56 Å². The molecule has 0 aliphatic carbocycles. The molecule has 0 bridgehead atoms. The molecule has 0 atom stereocenters. The molecule has 0 N–H and O–H groups in total. The van der Waals surface area contributed by atoms with E-state index < -0.39 is 0 Å². The maximum Gasteiger partial charge on any atom is 0.259 e. The van der Waals surface area contributed by atoms with Crippen molar-refractivity contribution in [3.63, 3.8) is 0 Å². The monoisotopic (exact) mass is 274 g/mol. The lowest BCUT2D eigenvalue weighted by Crippen LogP contribution is -2.14. The van der Waals surface area contributed by atoms with Crippen molar-refractivity contribution in [3.05, 3.63) is 50.1 Å². The third kappa shape index (κ3) is 2.08. The van der Waals surface area contributed by atoms with Crippen LogP contribution >= 0.6 is 11.3 Å². The smallest absolute Gasteiger partial charge is 0.259 e. The van der Waals surface area contributed by atoms with Crippen molar-refractivity contribution in [2.24, 2.45) is 0 Å². The highest BCUT2D eigenvalue weighted by atomic mass is 32.1. The molecule has 0 saturated carbocycles. The summed E-state index contributed by atoms with van der Waals surface area (Å²) < 4.78 is 3.55. The van der Waals surface area contributed by atoms with E-state index in [9.17, 15) is 4.79 Å². The van der Waals surface area contributed by atoms with Crippen LogP contribution in [0.2, 0.25) is 0 Å². The first-order chi connectivity index (χ1) is 9.04. The van der Waals surface area contributed by atoms with Crippen LogP contribution in [0.4, 0.5) is 0 Å². The number of hydrogen-bond donors (Lipinski definition) is 0. The van der Waals surface area contributed by atoms with E-state index in [4.69, 9.17) is 0 Å². The summed E-state index contributed by atoms with van der Waals surface area (Å²) in [5, 5.41) is 1.06. The zero-order valence-electron chi connectivity index (χ0n) is 11.0. The first-order valence-electron chi connectivity index (χ1n) is 6.02. The van der Waals surface area contributed by atoms with Gasteiger partial charge in [0.05, 0.1) is 17.2 Å². The number of hydrogen-bond acceptors (Lipinski definition) is 4. The Balaban J connectivity index is 2.11. The van der Waals surface area contributed by atoms with Crippen LogP contribution in [0.1, 0.15) is 21.3 Å². The summed E-state index contributed by atoms with van der Waals surface area (Å²) in [6.45, 7) is 6.54. The van der Waals surface area contributed by atoms with E-state index in [1.807, 2.05) is 31.5 Å². The second-order valence-electron chi connectivity index (χ2n) is 4.57. The molecule has 0 spiro atoms. The van der Waals surface area contributed by atoms with E-state index in [1.54, 1.807) is 28.0 Å². The Morgan fingerprint density at radius 2 is 2.00 bits per heavy atom. The van der Waals surface area contributed by atoms with Crippen LogP contribution in [-0.2, 0) is 6.54 Å². The van der Waals surface area contributed by atoms with Gasteiger partial charge in [0.1, 0.15) is 0 Å². The molecule has 5 nitrogen and oxygen atoms in total. The number of aryl methyl sites for hydroxylation is 3. The topological polar surface area (TPSA) is 52.2 Å². The minimum atomic E-state index is -0.0431. The summed E-state index contributed by atoms with van der Waals surface area (Å²) >= 11 is 1.68. The van der Waals surface area contributed by atoms with Crippen LogP contribution in [-0.4, -0.2) is 18.9 Å². The van der Waals surface area contributed by atoms with Crippen LogP contribution in [0.15, 0.2) is 23.3 Å². The summed E-state index contributed by atoms with van der Waals surface area (Å²) in [4.78, 5) is 21.9. The molecular weight excluding hydrogens is 260 g/mol. The van der Waals surface area contributed by atoms with Gasteiger partial charge >= 0.3 is 0 Å². The predicted molar refractivity (Wildman–Crippen MR) is 74.9 cm³/mol. The van der Waals surface area contributed by atoms with Gasteiger partial charge in [0.15, 0.2) is 0 Å². The SMILES string of the molecule is Cc1cc(=O)n2ccn(Cc3sc(C)nc3C)c2n1. The molecule has 98 valence electrons. The quantitative estimate of drug-likeness (QED) is 0.717. The summed E-state index contributed by atoms with van der Waals surface area (Å²) in [6, 6.07) is 1.54. The van der Waals surface area contributed by atoms with Gasteiger partial charge in [0.2, 0.25) is 5.78 Å². The second-order valence-corrected chi connectivity index (χ2v) is 5.86. The lowest BCUT2D eigenvalue weighted by atomic mass is 10.4. The fourth-order valence-corrected chi connectivity index (χ4v) is 3.08. The van der Waals surface area contributed by atoms with E-state index in [1.165, 1.54) is 4.88 Å². The minimum Gasteiger partial charge on any atom is -0.311 e. The summed E-state index contributed by atoms with van der Waals surface area (Å²) in [5.41, 5.74) is 1.74. The average molecular weight is 274 g/mol. The number of nitrogens with zero attached hydrogens (tertiary/aromatic N) is 4. The first kappa shape index (κ1) is 12.1. The van der Waals surface area contributed by atoms with Crippen LogP contribution in [0.3, 0.4) is 0 Å². The summed E-state index contributed by atoms with van der Waals surface area (Å²) in [7, 11) is 0. The molecule has 0 aliphatic heterocycles. The third-order valence-electron chi connectivity index (χ3n) is 3.03. The predicted octanol–water partition coefficient (Wildman–Crippen LogP) is 1.93. The molecule has 3 heterocycles. The average Bonchev–Trinajstić information content (AvgIpc) is 2.84. The molecule has 3 rings (SSSR count). The molecular formula is C13H14N4OS. The number of aromatic nitrogens is 4. The lowest BCUT2D eigenvalue weighted by Gasteiger charge is -2.03.